The summed E-state index contributed by atoms with van der Waals surface area (Å²) in [4.78, 5) is 0. The Kier molecular flexibility index (Phi) is 4.07. The molecule has 1 aliphatic carbocycles. The molecule has 21 heavy (non-hydrogen) atoms. The Morgan fingerprint density at radius 1 is 1.10 bits per heavy atom. The Labute approximate surface area is 126 Å². The number of fused-ring (bicyclic) bond motifs is 1. The Bertz CT molecular complexity index is 618. The van der Waals surface area contributed by atoms with Crippen molar-refractivity contribution in [2.24, 2.45) is 5.92 Å². The Balaban J connectivity index is 1.89. The zero-order valence-electron chi connectivity index (χ0n) is 12.7. The lowest BCUT2D eigenvalue weighted by atomic mass is 9.90. The zero-order chi connectivity index (χ0) is 14.8. The minimum Gasteiger partial charge on any atom is -0.320 e. The highest BCUT2D eigenvalue weighted by Crippen LogP contribution is 2.41. The summed E-state index contributed by atoms with van der Waals surface area (Å²) in [7, 11) is 2.01. The van der Waals surface area contributed by atoms with Crippen molar-refractivity contribution >= 4 is 0 Å². The maximum absolute atomic E-state index is 13.0. The summed E-state index contributed by atoms with van der Waals surface area (Å²) in [6, 6.07) is 13.5. The summed E-state index contributed by atoms with van der Waals surface area (Å²) >= 11 is 0. The smallest absolute Gasteiger partial charge is 0.123 e. The van der Waals surface area contributed by atoms with E-state index < -0.39 is 0 Å². The van der Waals surface area contributed by atoms with Crippen LogP contribution < -0.4 is 5.32 Å². The van der Waals surface area contributed by atoms with Crippen LogP contribution in [0, 0.1) is 11.7 Å². The van der Waals surface area contributed by atoms with Gasteiger partial charge in [-0.25, -0.2) is 4.39 Å². The van der Waals surface area contributed by atoms with E-state index in [0.29, 0.717) is 11.8 Å². The first kappa shape index (κ1) is 14.3. The van der Waals surface area contributed by atoms with Crippen molar-refractivity contribution in [3.05, 3.63) is 59.4 Å². The van der Waals surface area contributed by atoms with E-state index in [9.17, 15) is 4.39 Å². The van der Waals surface area contributed by atoms with Crippen molar-refractivity contribution in [2.75, 3.05) is 13.6 Å². The highest BCUT2D eigenvalue weighted by molar-refractivity contribution is 5.65. The van der Waals surface area contributed by atoms with E-state index in [1.165, 1.54) is 35.2 Å². The maximum Gasteiger partial charge on any atom is 0.123 e. The molecule has 0 spiro atoms. The molecular formula is C19H22FN. The molecule has 0 saturated heterocycles. The molecular weight excluding hydrogens is 261 g/mol. The molecule has 3 rings (SSSR count). The number of hydrogen-bond acceptors (Lipinski definition) is 1. The second-order valence-corrected chi connectivity index (χ2v) is 6.10. The highest BCUT2D eigenvalue weighted by Gasteiger charge is 2.28. The molecule has 0 heterocycles. The van der Waals surface area contributed by atoms with Crippen LogP contribution in [-0.4, -0.2) is 13.6 Å². The normalized spacial score (nSPS) is 20.5. The van der Waals surface area contributed by atoms with Crippen LogP contribution in [-0.2, 0) is 6.42 Å². The molecule has 0 fully saturated rings. The summed E-state index contributed by atoms with van der Waals surface area (Å²) in [6.07, 6.45) is 2.35. The molecule has 2 aromatic rings. The molecule has 1 nitrogen and oxygen atoms in total. The van der Waals surface area contributed by atoms with Crippen LogP contribution in [0.5, 0.6) is 0 Å². The number of hydrogen-bond donors (Lipinski definition) is 1. The fraction of sp³-hybridized carbons (Fsp3) is 0.368. The van der Waals surface area contributed by atoms with Gasteiger partial charge in [0.05, 0.1) is 0 Å². The first-order valence-electron chi connectivity index (χ1n) is 7.72. The van der Waals surface area contributed by atoms with Crippen molar-refractivity contribution in [1.82, 2.24) is 5.32 Å². The van der Waals surface area contributed by atoms with Crippen LogP contribution in [0.3, 0.4) is 0 Å². The summed E-state index contributed by atoms with van der Waals surface area (Å²) in [5.74, 6) is 1.19. The van der Waals surface area contributed by atoms with E-state index in [2.05, 4.69) is 30.4 Å². The molecule has 2 heteroatoms. The third-order valence-corrected chi connectivity index (χ3v) is 4.65. The van der Waals surface area contributed by atoms with Crippen molar-refractivity contribution in [3.8, 4) is 11.1 Å². The number of halogens is 1. The van der Waals surface area contributed by atoms with Crippen LogP contribution >= 0.6 is 0 Å². The van der Waals surface area contributed by atoms with Crippen LogP contribution in [0.2, 0.25) is 0 Å². The van der Waals surface area contributed by atoms with Gasteiger partial charge in [-0.3, -0.25) is 0 Å². The van der Waals surface area contributed by atoms with Crippen LogP contribution in [0.1, 0.15) is 30.4 Å². The average Bonchev–Trinajstić information content (AvgIpc) is 2.80. The van der Waals surface area contributed by atoms with Crippen molar-refractivity contribution < 1.29 is 4.39 Å². The number of nitrogens with one attached hydrogen (secondary N) is 1. The summed E-state index contributed by atoms with van der Waals surface area (Å²) < 4.78 is 13.0. The molecule has 0 bridgehead atoms. The molecule has 1 unspecified atom stereocenters. The fourth-order valence-corrected chi connectivity index (χ4v) is 3.50. The predicted molar refractivity (Wildman–Crippen MR) is 86.0 cm³/mol. The largest absolute Gasteiger partial charge is 0.320 e. The van der Waals surface area contributed by atoms with Crippen molar-refractivity contribution in [3.63, 3.8) is 0 Å². The minimum atomic E-state index is -0.180. The van der Waals surface area contributed by atoms with Gasteiger partial charge in [0.1, 0.15) is 5.82 Å². The summed E-state index contributed by atoms with van der Waals surface area (Å²) in [5, 5.41) is 3.25. The molecule has 2 aromatic carbocycles. The molecule has 0 amide bonds. The average molecular weight is 283 g/mol. The van der Waals surface area contributed by atoms with E-state index in [1.807, 2.05) is 19.2 Å². The van der Waals surface area contributed by atoms with Gasteiger partial charge >= 0.3 is 0 Å². The van der Waals surface area contributed by atoms with E-state index in [0.717, 1.165) is 18.5 Å². The maximum atomic E-state index is 13.0. The zero-order valence-corrected chi connectivity index (χ0v) is 12.7. The van der Waals surface area contributed by atoms with E-state index in [-0.39, 0.29) is 5.82 Å². The van der Waals surface area contributed by atoms with Crippen LogP contribution in [0.25, 0.3) is 11.1 Å². The van der Waals surface area contributed by atoms with Crippen LogP contribution in [0.15, 0.2) is 42.5 Å². The lowest BCUT2D eigenvalue weighted by Gasteiger charge is -2.16. The first-order chi connectivity index (χ1) is 10.2. The second-order valence-electron chi connectivity index (χ2n) is 6.10. The lowest BCUT2D eigenvalue weighted by molar-refractivity contribution is 0.463. The van der Waals surface area contributed by atoms with Gasteiger partial charge < -0.3 is 5.32 Å². The number of benzene rings is 2. The SMILES string of the molecule is CNCCC1c2ccc(-c3ccc(F)cc3)cc2C[C@H]1C. The molecule has 0 saturated carbocycles. The van der Waals surface area contributed by atoms with Gasteiger partial charge in [-0.1, -0.05) is 37.3 Å². The van der Waals surface area contributed by atoms with Gasteiger partial charge in [-0.05, 0) is 72.7 Å². The Hall–Kier alpha value is -1.67. The topological polar surface area (TPSA) is 12.0 Å². The van der Waals surface area contributed by atoms with Gasteiger partial charge in [0.2, 0.25) is 0 Å². The Morgan fingerprint density at radius 2 is 1.81 bits per heavy atom. The van der Waals surface area contributed by atoms with Crippen molar-refractivity contribution in [1.29, 1.82) is 0 Å². The predicted octanol–water partition coefficient (Wildman–Crippen LogP) is 4.38. The van der Waals surface area contributed by atoms with E-state index in [1.54, 1.807) is 0 Å². The molecule has 1 N–H and O–H groups in total. The molecule has 0 radical (unpaired) electrons. The standard InChI is InChI=1S/C19H22FN/c1-13-11-16-12-15(14-3-6-17(20)7-4-14)5-8-19(16)18(13)9-10-21-2/h3-8,12-13,18,21H,9-11H2,1-2H3/t13-,18?/m1/s1. The van der Waals surface area contributed by atoms with Crippen molar-refractivity contribution in [2.45, 2.75) is 25.7 Å². The van der Waals surface area contributed by atoms with Gasteiger partial charge in [0.25, 0.3) is 0 Å². The third kappa shape index (κ3) is 2.86. The van der Waals surface area contributed by atoms with Gasteiger partial charge in [0.15, 0.2) is 0 Å². The molecule has 0 aromatic heterocycles. The fourth-order valence-electron chi connectivity index (χ4n) is 3.50. The highest BCUT2D eigenvalue weighted by atomic mass is 19.1. The summed E-state index contributed by atoms with van der Waals surface area (Å²) in [6.45, 7) is 3.41. The second kappa shape index (κ2) is 5.98. The quantitative estimate of drug-likeness (QED) is 0.878. The summed E-state index contributed by atoms with van der Waals surface area (Å²) in [5.41, 5.74) is 5.25. The first-order valence-corrected chi connectivity index (χ1v) is 7.72. The lowest BCUT2D eigenvalue weighted by Crippen LogP contribution is -2.14. The number of rotatable bonds is 4. The third-order valence-electron chi connectivity index (χ3n) is 4.65. The van der Waals surface area contributed by atoms with Gasteiger partial charge in [0, 0.05) is 0 Å². The monoisotopic (exact) mass is 283 g/mol. The van der Waals surface area contributed by atoms with E-state index in [4.69, 9.17) is 0 Å². The minimum absolute atomic E-state index is 0.180. The van der Waals surface area contributed by atoms with E-state index >= 15 is 0 Å². The van der Waals surface area contributed by atoms with Crippen LogP contribution in [0.4, 0.5) is 4.39 Å². The molecule has 2 atom stereocenters. The molecule has 1 aliphatic rings. The molecule has 110 valence electrons. The van der Waals surface area contributed by atoms with Gasteiger partial charge in [-0.15, -0.1) is 0 Å². The Morgan fingerprint density at radius 3 is 2.52 bits per heavy atom. The van der Waals surface area contributed by atoms with Gasteiger partial charge in [-0.2, -0.15) is 0 Å². The molecule has 0 aliphatic heterocycles.